The Kier molecular flexibility index (Phi) is 4.49. The molecular weight excluding hydrogens is 238 g/mol. The van der Waals surface area contributed by atoms with E-state index in [4.69, 9.17) is 16.0 Å². The van der Waals surface area contributed by atoms with E-state index in [9.17, 15) is 4.79 Å². The molecule has 1 unspecified atom stereocenters. The molecule has 1 fully saturated rings. The van der Waals surface area contributed by atoms with Crippen LogP contribution in [0.3, 0.4) is 0 Å². The van der Waals surface area contributed by atoms with Crippen LogP contribution in [0.1, 0.15) is 31.4 Å². The van der Waals surface area contributed by atoms with Gasteiger partial charge >= 0.3 is 0 Å². The minimum absolute atomic E-state index is 0.201. The van der Waals surface area contributed by atoms with Gasteiger partial charge in [-0.05, 0) is 31.4 Å². The van der Waals surface area contributed by atoms with Crippen LogP contribution in [0.5, 0.6) is 0 Å². The molecule has 0 N–H and O–H groups in total. The summed E-state index contributed by atoms with van der Waals surface area (Å²) >= 11 is 5.91. The Morgan fingerprint density at radius 3 is 3.12 bits per heavy atom. The number of rotatable bonds is 4. The first-order chi connectivity index (χ1) is 8.31. The second kappa shape index (κ2) is 6.10. The molecule has 94 valence electrons. The van der Waals surface area contributed by atoms with Gasteiger partial charge < -0.3 is 9.32 Å². The first-order valence-electron chi connectivity index (χ1n) is 6.19. The number of carbonyl (C=O) groups excluding carboxylic acids is 1. The van der Waals surface area contributed by atoms with Crippen LogP contribution < -0.4 is 0 Å². The number of carbonyl (C=O) groups is 1. The van der Waals surface area contributed by atoms with Crippen molar-refractivity contribution in [3.8, 4) is 0 Å². The molecule has 0 saturated carbocycles. The molecule has 17 heavy (non-hydrogen) atoms. The van der Waals surface area contributed by atoms with Crippen molar-refractivity contribution in [1.82, 2.24) is 4.90 Å². The summed E-state index contributed by atoms with van der Waals surface area (Å²) in [4.78, 5) is 14.0. The van der Waals surface area contributed by atoms with Gasteiger partial charge in [0.2, 0.25) is 5.91 Å². The first kappa shape index (κ1) is 12.5. The summed E-state index contributed by atoms with van der Waals surface area (Å²) in [6.45, 7) is 0.856. The summed E-state index contributed by atoms with van der Waals surface area (Å²) in [5.74, 6) is 1.62. The van der Waals surface area contributed by atoms with Crippen LogP contribution in [0, 0.1) is 0 Å². The van der Waals surface area contributed by atoms with E-state index in [0.717, 1.165) is 25.1 Å². The second-order valence-electron chi connectivity index (χ2n) is 4.47. The van der Waals surface area contributed by atoms with Crippen molar-refractivity contribution in [2.45, 2.75) is 38.1 Å². The van der Waals surface area contributed by atoms with Crippen LogP contribution in [-0.4, -0.2) is 29.3 Å². The van der Waals surface area contributed by atoms with Gasteiger partial charge in [0.05, 0.1) is 6.26 Å². The summed E-state index contributed by atoms with van der Waals surface area (Å²) in [5, 5.41) is 0. The lowest BCUT2D eigenvalue weighted by Gasteiger charge is -2.34. The van der Waals surface area contributed by atoms with Crippen LogP contribution in [0.4, 0.5) is 0 Å². The quantitative estimate of drug-likeness (QED) is 0.776. The maximum Gasteiger partial charge on any atom is 0.223 e. The van der Waals surface area contributed by atoms with Crippen LogP contribution in [-0.2, 0) is 11.2 Å². The topological polar surface area (TPSA) is 33.5 Å². The van der Waals surface area contributed by atoms with Gasteiger partial charge in [-0.3, -0.25) is 4.79 Å². The number of halogens is 1. The van der Waals surface area contributed by atoms with Crippen molar-refractivity contribution in [2.24, 2.45) is 0 Å². The summed E-state index contributed by atoms with van der Waals surface area (Å²) in [7, 11) is 0. The van der Waals surface area contributed by atoms with Crippen LogP contribution in [0.15, 0.2) is 22.8 Å². The normalized spacial score (nSPS) is 20.5. The van der Waals surface area contributed by atoms with Gasteiger partial charge in [0.25, 0.3) is 0 Å². The highest BCUT2D eigenvalue weighted by Crippen LogP contribution is 2.19. The number of hydrogen-bond acceptors (Lipinski definition) is 2. The summed E-state index contributed by atoms with van der Waals surface area (Å²) in [6, 6.07) is 3.99. The number of amides is 1. The van der Waals surface area contributed by atoms with E-state index >= 15 is 0 Å². The SMILES string of the molecule is O=C(CCc1ccco1)N1CCCCC1CCl. The maximum absolute atomic E-state index is 12.1. The number of nitrogens with zero attached hydrogens (tertiary/aromatic N) is 1. The van der Waals surface area contributed by atoms with E-state index in [2.05, 4.69) is 0 Å². The zero-order chi connectivity index (χ0) is 12.1. The number of hydrogen-bond donors (Lipinski definition) is 0. The average molecular weight is 256 g/mol. The van der Waals surface area contributed by atoms with Crippen molar-refractivity contribution in [3.63, 3.8) is 0 Å². The molecule has 0 radical (unpaired) electrons. The number of furan rings is 1. The van der Waals surface area contributed by atoms with Gasteiger partial charge in [-0.1, -0.05) is 0 Å². The van der Waals surface area contributed by atoms with Crippen molar-refractivity contribution in [1.29, 1.82) is 0 Å². The number of alkyl halides is 1. The van der Waals surface area contributed by atoms with Gasteiger partial charge in [-0.2, -0.15) is 0 Å². The Balaban J connectivity index is 1.85. The van der Waals surface area contributed by atoms with Crippen LogP contribution >= 0.6 is 11.6 Å². The maximum atomic E-state index is 12.1. The Bertz CT molecular complexity index is 350. The minimum Gasteiger partial charge on any atom is -0.469 e. The van der Waals surface area contributed by atoms with Crippen molar-refractivity contribution < 1.29 is 9.21 Å². The van der Waals surface area contributed by atoms with Crippen LogP contribution in [0.25, 0.3) is 0 Å². The second-order valence-corrected chi connectivity index (χ2v) is 4.78. The van der Waals surface area contributed by atoms with E-state index in [1.54, 1.807) is 6.26 Å². The number of aryl methyl sites for hydroxylation is 1. The Hall–Kier alpha value is -0.960. The predicted octanol–water partition coefficient (Wildman–Crippen LogP) is 2.83. The highest BCUT2D eigenvalue weighted by molar-refractivity contribution is 6.18. The van der Waals surface area contributed by atoms with Crippen molar-refractivity contribution >= 4 is 17.5 Å². The zero-order valence-electron chi connectivity index (χ0n) is 9.90. The zero-order valence-corrected chi connectivity index (χ0v) is 10.7. The number of piperidine rings is 1. The van der Waals surface area contributed by atoms with Gasteiger partial charge in [-0.25, -0.2) is 0 Å². The molecule has 0 bridgehead atoms. The summed E-state index contributed by atoms with van der Waals surface area (Å²) in [5.41, 5.74) is 0. The fourth-order valence-electron chi connectivity index (χ4n) is 2.32. The van der Waals surface area contributed by atoms with E-state index in [-0.39, 0.29) is 11.9 Å². The Labute approximate surface area is 107 Å². The van der Waals surface area contributed by atoms with Gasteiger partial charge in [-0.15, -0.1) is 11.6 Å². The molecule has 1 saturated heterocycles. The minimum atomic E-state index is 0.201. The monoisotopic (exact) mass is 255 g/mol. The molecule has 2 heterocycles. The molecular formula is C13H18ClNO2. The number of likely N-dealkylation sites (tertiary alicyclic amines) is 1. The van der Waals surface area contributed by atoms with Crippen molar-refractivity contribution in [2.75, 3.05) is 12.4 Å². The van der Waals surface area contributed by atoms with Crippen molar-refractivity contribution in [3.05, 3.63) is 24.2 Å². The fraction of sp³-hybridized carbons (Fsp3) is 0.615. The molecule has 0 aliphatic carbocycles. The standard InChI is InChI=1S/C13H18ClNO2/c14-10-11-4-1-2-8-15(11)13(16)7-6-12-5-3-9-17-12/h3,5,9,11H,1-2,4,6-8,10H2. The summed E-state index contributed by atoms with van der Waals surface area (Å²) in [6.07, 6.45) is 6.15. The highest BCUT2D eigenvalue weighted by atomic mass is 35.5. The third kappa shape index (κ3) is 3.25. The molecule has 1 aliphatic heterocycles. The van der Waals surface area contributed by atoms with E-state index < -0.39 is 0 Å². The van der Waals surface area contributed by atoms with E-state index in [1.165, 1.54) is 6.42 Å². The molecule has 4 heteroatoms. The Morgan fingerprint density at radius 1 is 1.53 bits per heavy atom. The molecule has 0 spiro atoms. The Morgan fingerprint density at radius 2 is 2.41 bits per heavy atom. The molecule has 0 aromatic carbocycles. The molecule has 1 aromatic heterocycles. The predicted molar refractivity (Wildman–Crippen MR) is 67.1 cm³/mol. The third-order valence-corrected chi connectivity index (χ3v) is 3.65. The van der Waals surface area contributed by atoms with Gasteiger partial charge in [0, 0.05) is 31.3 Å². The third-order valence-electron chi connectivity index (χ3n) is 3.29. The molecule has 1 amide bonds. The molecule has 2 rings (SSSR count). The molecule has 1 atom stereocenters. The lowest BCUT2D eigenvalue weighted by atomic mass is 10.0. The van der Waals surface area contributed by atoms with E-state index in [1.807, 2.05) is 17.0 Å². The molecule has 1 aromatic rings. The lowest BCUT2D eigenvalue weighted by Crippen LogP contribution is -2.44. The summed E-state index contributed by atoms with van der Waals surface area (Å²) < 4.78 is 5.23. The highest BCUT2D eigenvalue weighted by Gasteiger charge is 2.25. The largest absolute Gasteiger partial charge is 0.469 e. The van der Waals surface area contributed by atoms with Crippen LogP contribution in [0.2, 0.25) is 0 Å². The lowest BCUT2D eigenvalue weighted by molar-refractivity contribution is -0.134. The van der Waals surface area contributed by atoms with E-state index in [0.29, 0.717) is 18.7 Å². The smallest absolute Gasteiger partial charge is 0.223 e. The molecule has 1 aliphatic rings. The average Bonchev–Trinajstić information content (AvgIpc) is 2.89. The van der Waals surface area contributed by atoms with Gasteiger partial charge in [0.1, 0.15) is 5.76 Å². The fourth-order valence-corrected chi connectivity index (χ4v) is 2.64. The molecule has 3 nitrogen and oxygen atoms in total. The first-order valence-corrected chi connectivity index (χ1v) is 6.72. The van der Waals surface area contributed by atoms with Gasteiger partial charge in [0.15, 0.2) is 0 Å².